The number of rotatable bonds is 0. The summed E-state index contributed by atoms with van der Waals surface area (Å²) in [6.45, 7) is 0. The van der Waals surface area contributed by atoms with Crippen molar-refractivity contribution in [2.45, 2.75) is 0 Å². The number of hydrogen-bond donors (Lipinski definition) is 0. The van der Waals surface area contributed by atoms with Gasteiger partial charge in [0.1, 0.15) is 0 Å². The van der Waals surface area contributed by atoms with Crippen LogP contribution in [0.15, 0.2) is 0 Å². The van der Waals surface area contributed by atoms with Gasteiger partial charge in [0.15, 0.2) is 0 Å². The van der Waals surface area contributed by atoms with Crippen LogP contribution >= 0.6 is 31.3 Å². The summed E-state index contributed by atoms with van der Waals surface area (Å²) in [4.78, 5) is 103. The Bertz CT molecular complexity index is 305. The molecule has 26 heteroatoms. The van der Waals surface area contributed by atoms with E-state index >= 15 is 0 Å². The molecule has 0 unspecified atom stereocenters. The Morgan fingerprint density at radius 2 is 0.308 bits per heavy atom. The molecule has 26 heavy (non-hydrogen) atoms. The van der Waals surface area contributed by atoms with Gasteiger partial charge in [0.05, 0.1) is 0 Å². The minimum atomic E-state index is -5.39. The first-order valence-electron chi connectivity index (χ1n) is 2.92. The van der Waals surface area contributed by atoms with Crippen molar-refractivity contribution in [2.24, 2.45) is 0 Å². The second-order valence-corrected chi connectivity index (χ2v) is 5.37. The SMILES string of the molecule is O=P([O-])([O-])[O-].O=P([O-])([O-])[O-].O=P([O-])([O-])[O-].O=P([O-])([O-])[O-].[Ca+2].[Ca+2].[Ca+2].[Sr+2].[Sr+2].[Sr+2]. The first-order chi connectivity index (χ1) is 8.00. The maximum Gasteiger partial charge on any atom is 2.00 e. The number of hydrogen-bond acceptors (Lipinski definition) is 16. The molecular weight excluding hydrogens is 763 g/mol. The fourth-order valence-corrected chi connectivity index (χ4v) is 0. The molecular formula is Ca3O16P4Sr3. The van der Waals surface area contributed by atoms with Crippen LogP contribution in [0.1, 0.15) is 0 Å². The van der Waals surface area contributed by atoms with E-state index < -0.39 is 31.3 Å². The summed E-state index contributed by atoms with van der Waals surface area (Å²) >= 11 is 0. The van der Waals surface area contributed by atoms with Gasteiger partial charge in [-0.25, -0.2) is 0 Å². The summed E-state index contributed by atoms with van der Waals surface area (Å²) in [5.41, 5.74) is 0. The van der Waals surface area contributed by atoms with Crippen LogP contribution < -0.4 is 58.7 Å². The third-order valence-corrected chi connectivity index (χ3v) is 0. The zero-order chi connectivity index (χ0) is 18.0. The summed E-state index contributed by atoms with van der Waals surface area (Å²) in [6.07, 6.45) is 0. The van der Waals surface area contributed by atoms with Crippen molar-refractivity contribution in [3.05, 3.63) is 0 Å². The first kappa shape index (κ1) is 64.6. The van der Waals surface area contributed by atoms with Gasteiger partial charge in [-0.15, -0.1) is 0 Å². The van der Waals surface area contributed by atoms with Crippen LogP contribution in [0.25, 0.3) is 0 Å². The largest absolute Gasteiger partial charge is 2.00 e. The van der Waals surface area contributed by atoms with Crippen molar-refractivity contribution in [1.29, 1.82) is 0 Å². The molecule has 0 saturated heterocycles. The van der Waals surface area contributed by atoms with Crippen LogP contribution in [0.5, 0.6) is 0 Å². The van der Waals surface area contributed by atoms with E-state index in [1.54, 1.807) is 0 Å². The predicted octanol–water partition coefficient (Wildman–Crippen LogP) is -13.6. The Balaban J connectivity index is -0.0000000152. The van der Waals surface area contributed by atoms with Crippen molar-refractivity contribution >= 4 is 281 Å². The van der Waals surface area contributed by atoms with Crippen LogP contribution in [-0.4, -0.2) is 250 Å². The van der Waals surface area contributed by atoms with Crippen molar-refractivity contribution in [2.75, 3.05) is 0 Å². The Morgan fingerprint density at radius 3 is 0.308 bits per heavy atom. The summed E-state index contributed by atoms with van der Waals surface area (Å²) in [7, 11) is -21.6. The molecule has 0 saturated carbocycles. The fraction of sp³-hybridized carbons (Fsp3) is 0. The quantitative estimate of drug-likeness (QED) is 0.163. The summed E-state index contributed by atoms with van der Waals surface area (Å²) in [5, 5.41) is 0. The van der Waals surface area contributed by atoms with Crippen LogP contribution in [-0.2, 0) is 18.3 Å². The van der Waals surface area contributed by atoms with Gasteiger partial charge in [-0.1, -0.05) is 0 Å². The molecule has 0 aliphatic rings. The van der Waals surface area contributed by atoms with Gasteiger partial charge in [-0.05, 0) is 0 Å². The van der Waals surface area contributed by atoms with Gasteiger partial charge < -0.3 is 77.0 Å². The maximum absolute atomic E-state index is 8.55. The molecule has 0 bridgehead atoms. The minimum Gasteiger partial charge on any atom is -0.822 e. The van der Waals surface area contributed by atoms with Gasteiger partial charge in [0.25, 0.3) is 0 Å². The number of phosphoric acid groups is 4. The molecule has 0 amide bonds. The van der Waals surface area contributed by atoms with E-state index in [4.69, 9.17) is 77.0 Å². The normalized spacial score (nSPS) is 9.08. The molecule has 0 aromatic heterocycles. The molecule has 0 aromatic rings. The van der Waals surface area contributed by atoms with E-state index in [-0.39, 0.29) is 250 Å². The van der Waals surface area contributed by atoms with Crippen molar-refractivity contribution < 1.29 is 77.0 Å². The third kappa shape index (κ3) is 436. The van der Waals surface area contributed by atoms with Gasteiger partial charge in [-0.2, -0.15) is 31.3 Å². The van der Waals surface area contributed by atoms with E-state index in [1.807, 2.05) is 0 Å². The fourth-order valence-electron chi connectivity index (χ4n) is 0. The van der Waals surface area contributed by atoms with Crippen molar-refractivity contribution in [3.8, 4) is 0 Å². The molecule has 0 fully saturated rings. The summed E-state index contributed by atoms with van der Waals surface area (Å²) in [5.74, 6) is 0. The standard InChI is InChI=1S/3Ca.4H3O4P.3Sr/c;;;4*1-5(2,3)4;;;/h;;;4*(H3,1,2,3,4);;;/q3*+2;;;;;3*+2/p-12. The maximum atomic E-state index is 8.55. The Hall–Kier alpha value is 8.66. The van der Waals surface area contributed by atoms with Crippen molar-refractivity contribution in [1.82, 2.24) is 0 Å². The second-order valence-electron chi connectivity index (χ2n) is 1.79. The van der Waals surface area contributed by atoms with Gasteiger partial charge in [0, 0.05) is 0 Å². The molecule has 0 radical (unpaired) electrons. The predicted molar refractivity (Wildman–Crippen MR) is 64.9 cm³/mol. The Morgan fingerprint density at radius 1 is 0.308 bits per heavy atom. The van der Waals surface area contributed by atoms with Crippen molar-refractivity contribution in [3.63, 3.8) is 0 Å². The summed E-state index contributed by atoms with van der Waals surface area (Å²) < 4.78 is 34.2. The van der Waals surface area contributed by atoms with Gasteiger partial charge in [-0.3, -0.25) is 0 Å². The van der Waals surface area contributed by atoms with Gasteiger partial charge >= 0.3 is 250 Å². The van der Waals surface area contributed by atoms with E-state index in [1.165, 1.54) is 0 Å². The topological polar surface area (TPSA) is 345 Å². The molecule has 0 aliphatic carbocycles. The van der Waals surface area contributed by atoms with E-state index in [9.17, 15) is 0 Å². The van der Waals surface area contributed by atoms with Crippen LogP contribution in [0.2, 0.25) is 0 Å². The van der Waals surface area contributed by atoms with E-state index in [0.29, 0.717) is 0 Å². The average Bonchev–Trinajstić information content (AvgIpc) is 1.62. The van der Waals surface area contributed by atoms with Crippen LogP contribution in [0.4, 0.5) is 0 Å². The minimum absolute atomic E-state index is 0. The Kier molecular flexibility index (Phi) is 83.6. The van der Waals surface area contributed by atoms with E-state index in [0.717, 1.165) is 0 Å². The molecule has 0 rings (SSSR count). The molecule has 128 valence electrons. The van der Waals surface area contributed by atoms with E-state index in [2.05, 4.69) is 0 Å². The molecule has 0 aliphatic heterocycles. The smallest absolute Gasteiger partial charge is 0.822 e. The monoisotopic (exact) mass is 763 g/mol. The Labute approximate surface area is 348 Å². The van der Waals surface area contributed by atoms with Gasteiger partial charge in [0.2, 0.25) is 0 Å². The molecule has 0 heterocycles. The molecule has 0 aromatic carbocycles. The van der Waals surface area contributed by atoms with Crippen LogP contribution in [0.3, 0.4) is 0 Å². The third-order valence-electron chi connectivity index (χ3n) is 0. The zero-order valence-electron chi connectivity index (χ0n) is 12.6. The second kappa shape index (κ2) is 33.7. The molecule has 0 spiro atoms. The summed E-state index contributed by atoms with van der Waals surface area (Å²) in [6, 6.07) is 0. The first-order valence-corrected chi connectivity index (χ1v) is 8.76. The van der Waals surface area contributed by atoms with Crippen LogP contribution in [0, 0.1) is 0 Å². The molecule has 0 N–H and O–H groups in total. The zero-order valence-corrected chi connectivity index (χ0v) is 33.2. The molecule has 0 atom stereocenters. The molecule has 16 nitrogen and oxygen atoms in total. The average molecular weight is 763 g/mol.